The maximum atomic E-state index is 12.1. The molecule has 0 bridgehead atoms. The van der Waals surface area contributed by atoms with Gasteiger partial charge < -0.3 is 15.3 Å². The standard InChI is InChI=1S/C19H16N2O3/c22-19(17-11-6-7-13-21(17)23)20-14-15-8-4-5-12-18(15)24-16-9-2-1-3-10-16/h1-13H,14H2,(H,20,22). The topological polar surface area (TPSA) is 65.3 Å². The molecule has 2 aromatic carbocycles. The van der Waals surface area contributed by atoms with E-state index in [0.29, 0.717) is 10.5 Å². The minimum Gasteiger partial charge on any atom is -0.618 e. The lowest BCUT2D eigenvalue weighted by Crippen LogP contribution is -2.38. The van der Waals surface area contributed by atoms with Crippen LogP contribution in [0.2, 0.25) is 0 Å². The number of nitrogens with zero attached hydrogens (tertiary/aromatic N) is 1. The number of amides is 1. The molecule has 0 spiro atoms. The summed E-state index contributed by atoms with van der Waals surface area (Å²) in [6.07, 6.45) is 1.29. The highest BCUT2D eigenvalue weighted by Gasteiger charge is 2.15. The normalized spacial score (nSPS) is 10.2. The number of pyridine rings is 1. The van der Waals surface area contributed by atoms with Gasteiger partial charge in [-0.05, 0) is 24.3 Å². The summed E-state index contributed by atoms with van der Waals surface area (Å²) in [6.45, 7) is 0.261. The van der Waals surface area contributed by atoms with Gasteiger partial charge in [-0.3, -0.25) is 4.79 Å². The molecule has 0 saturated heterocycles. The summed E-state index contributed by atoms with van der Waals surface area (Å²) in [5.41, 5.74) is 0.877. The van der Waals surface area contributed by atoms with E-state index in [-0.39, 0.29) is 12.2 Å². The van der Waals surface area contributed by atoms with Crippen LogP contribution < -0.4 is 14.8 Å². The lowest BCUT2D eigenvalue weighted by molar-refractivity contribution is -0.607. The first kappa shape index (κ1) is 15.6. The van der Waals surface area contributed by atoms with Crippen LogP contribution >= 0.6 is 0 Å². The smallest absolute Gasteiger partial charge is 0.317 e. The second-order valence-electron chi connectivity index (χ2n) is 5.12. The first-order chi connectivity index (χ1) is 11.7. The Bertz CT molecular complexity index is 835. The fraction of sp³-hybridized carbons (Fsp3) is 0.0526. The summed E-state index contributed by atoms with van der Waals surface area (Å²) in [5, 5.41) is 14.4. The Morgan fingerprint density at radius 2 is 1.67 bits per heavy atom. The highest BCUT2D eigenvalue weighted by molar-refractivity contribution is 5.90. The number of hydrogen-bond donors (Lipinski definition) is 1. The summed E-state index contributed by atoms with van der Waals surface area (Å²) in [4.78, 5) is 12.1. The third-order valence-electron chi connectivity index (χ3n) is 3.44. The van der Waals surface area contributed by atoms with Crippen LogP contribution in [0, 0.1) is 5.21 Å². The van der Waals surface area contributed by atoms with E-state index in [0.717, 1.165) is 11.3 Å². The van der Waals surface area contributed by atoms with Gasteiger partial charge in [-0.1, -0.05) is 36.4 Å². The lowest BCUT2D eigenvalue weighted by Gasteiger charge is -2.11. The number of nitrogens with one attached hydrogen (secondary N) is 1. The van der Waals surface area contributed by atoms with E-state index in [1.807, 2.05) is 54.6 Å². The predicted octanol–water partition coefficient (Wildman–Crippen LogP) is 3.04. The zero-order valence-corrected chi connectivity index (χ0v) is 12.9. The minimum absolute atomic E-state index is 0.0546. The van der Waals surface area contributed by atoms with Crippen LogP contribution in [0.25, 0.3) is 0 Å². The highest BCUT2D eigenvalue weighted by atomic mass is 16.5. The van der Waals surface area contributed by atoms with Gasteiger partial charge in [0.2, 0.25) is 0 Å². The SMILES string of the molecule is O=C(NCc1ccccc1Oc1ccccc1)c1cccc[n+]1[O-]. The molecule has 1 amide bonds. The molecule has 24 heavy (non-hydrogen) atoms. The van der Waals surface area contributed by atoms with Gasteiger partial charge in [0.1, 0.15) is 11.5 Å². The van der Waals surface area contributed by atoms with Crippen molar-refractivity contribution in [2.45, 2.75) is 6.54 Å². The van der Waals surface area contributed by atoms with Gasteiger partial charge in [0.05, 0.1) is 0 Å². The van der Waals surface area contributed by atoms with Gasteiger partial charge in [0.25, 0.3) is 5.69 Å². The number of para-hydroxylation sites is 2. The molecular weight excluding hydrogens is 304 g/mol. The molecule has 1 aromatic heterocycles. The van der Waals surface area contributed by atoms with Crippen LogP contribution in [0.4, 0.5) is 0 Å². The number of rotatable bonds is 5. The summed E-state index contributed by atoms with van der Waals surface area (Å²) in [7, 11) is 0. The van der Waals surface area contributed by atoms with Crippen molar-refractivity contribution in [3.63, 3.8) is 0 Å². The fourth-order valence-electron chi connectivity index (χ4n) is 2.24. The number of carbonyl (C=O) groups is 1. The molecule has 0 fully saturated rings. The van der Waals surface area contributed by atoms with Crippen molar-refractivity contribution in [1.82, 2.24) is 5.32 Å². The van der Waals surface area contributed by atoms with Crippen LogP contribution in [-0.2, 0) is 6.54 Å². The Balaban J connectivity index is 1.72. The molecule has 0 aliphatic carbocycles. The molecule has 1 heterocycles. The van der Waals surface area contributed by atoms with Crippen molar-refractivity contribution < 1.29 is 14.3 Å². The van der Waals surface area contributed by atoms with E-state index in [1.54, 1.807) is 12.1 Å². The summed E-state index contributed by atoms with van der Waals surface area (Å²) in [5.74, 6) is 0.948. The van der Waals surface area contributed by atoms with Gasteiger partial charge in [-0.2, -0.15) is 4.73 Å². The fourth-order valence-corrected chi connectivity index (χ4v) is 2.24. The molecule has 5 nitrogen and oxygen atoms in total. The Kier molecular flexibility index (Phi) is 4.72. The number of hydrogen-bond acceptors (Lipinski definition) is 3. The van der Waals surface area contributed by atoms with Crippen LogP contribution in [0.3, 0.4) is 0 Å². The van der Waals surface area contributed by atoms with E-state index in [9.17, 15) is 10.0 Å². The Morgan fingerprint density at radius 1 is 0.958 bits per heavy atom. The van der Waals surface area contributed by atoms with Gasteiger partial charge >= 0.3 is 5.91 Å². The molecule has 0 aliphatic heterocycles. The molecule has 0 atom stereocenters. The molecule has 0 unspecified atom stereocenters. The Hall–Kier alpha value is -3.34. The molecular formula is C19H16N2O3. The Labute approximate surface area is 139 Å². The first-order valence-electron chi connectivity index (χ1n) is 7.51. The summed E-state index contributed by atoms with van der Waals surface area (Å²) < 4.78 is 6.40. The van der Waals surface area contributed by atoms with Crippen LogP contribution in [0.1, 0.15) is 16.1 Å². The van der Waals surface area contributed by atoms with E-state index in [2.05, 4.69) is 5.32 Å². The highest BCUT2D eigenvalue weighted by Crippen LogP contribution is 2.24. The van der Waals surface area contributed by atoms with Gasteiger partial charge in [0.15, 0.2) is 6.20 Å². The van der Waals surface area contributed by atoms with E-state index in [4.69, 9.17) is 4.74 Å². The molecule has 1 N–H and O–H groups in total. The second kappa shape index (κ2) is 7.28. The molecule has 5 heteroatoms. The van der Waals surface area contributed by atoms with Crippen molar-refractivity contribution in [3.8, 4) is 11.5 Å². The quantitative estimate of drug-likeness (QED) is 0.580. The van der Waals surface area contributed by atoms with Gasteiger partial charge in [-0.25, -0.2) is 0 Å². The van der Waals surface area contributed by atoms with Gasteiger partial charge in [0, 0.05) is 24.2 Å². The molecule has 3 aromatic rings. The number of carbonyl (C=O) groups excluding carboxylic acids is 1. The molecule has 120 valence electrons. The average molecular weight is 320 g/mol. The summed E-state index contributed by atoms with van der Waals surface area (Å²) >= 11 is 0. The third kappa shape index (κ3) is 3.70. The van der Waals surface area contributed by atoms with Crippen molar-refractivity contribution >= 4 is 5.91 Å². The minimum atomic E-state index is -0.430. The van der Waals surface area contributed by atoms with Crippen molar-refractivity contribution in [2.75, 3.05) is 0 Å². The molecule has 0 aliphatic rings. The number of ether oxygens (including phenoxy) is 1. The van der Waals surface area contributed by atoms with E-state index < -0.39 is 5.91 Å². The number of benzene rings is 2. The predicted molar refractivity (Wildman–Crippen MR) is 89.5 cm³/mol. The molecule has 0 radical (unpaired) electrons. The monoisotopic (exact) mass is 320 g/mol. The first-order valence-corrected chi connectivity index (χ1v) is 7.51. The maximum absolute atomic E-state index is 12.1. The average Bonchev–Trinajstić information content (AvgIpc) is 2.62. The van der Waals surface area contributed by atoms with E-state index >= 15 is 0 Å². The molecule has 3 rings (SSSR count). The van der Waals surface area contributed by atoms with Crippen molar-refractivity contribution in [1.29, 1.82) is 0 Å². The Morgan fingerprint density at radius 3 is 2.46 bits per heavy atom. The van der Waals surface area contributed by atoms with E-state index in [1.165, 1.54) is 12.3 Å². The van der Waals surface area contributed by atoms with Crippen molar-refractivity contribution in [3.05, 3.63) is 95.5 Å². The van der Waals surface area contributed by atoms with Crippen LogP contribution in [0.5, 0.6) is 11.5 Å². The number of aromatic nitrogens is 1. The summed E-state index contributed by atoms with van der Waals surface area (Å²) in [6, 6.07) is 21.6. The van der Waals surface area contributed by atoms with Crippen LogP contribution in [-0.4, -0.2) is 5.91 Å². The van der Waals surface area contributed by atoms with Gasteiger partial charge in [-0.15, -0.1) is 0 Å². The maximum Gasteiger partial charge on any atom is 0.317 e. The zero-order valence-electron chi connectivity index (χ0n) is 12.9. The lowest BCUT2D eigenvalue weighted by atomic mass is 10.2. The third-order valence-corrected chi connectivity index (χ3v) is 3.44. The van der Waals surface area contributed by atoms with Crippen molar-refractivity contribution in [2.24, 2.45) is 0 Å². The molecule has 0 saturated carbocycles. The van der Waals surface area contributed by atoms with Crippen LogP contribution in [0.15, 0.2) is 79.0 Å². The largest absolute Gasteiger partial charge is 0.618 e. The second-order valence-corrected chi connectivity index (χ2v) is 5.12. The zero-order chi connectivity index (χ0) is 16.8.